The Hall–Kier alpha value is -1.05. The van der Waals surface area contributed by atoms with Gasteiger partial charge in [0.1, 0.15) is 5.78 Å². The minimum atomic E-state index is -0.462. The van der Waals surface area contributed by atoms with E-state index in [0.29, 0.717) is 0 Å². The third kappa shape index (κ3) is 1.94. The molecule has 11 heavy (non-hydrogen) atoms. The molecule has 1 nitrogen and oxygen atoms in total. The Morgan fingerprint density at radius 3 is 2.36 bits per heavy atom. The van der Waals surface area contributed by atoms with Crippen LogP contribution in [0.25, 0.3) is 0 Å². The summed E-state index contributed by atoms with van der Waals surface area (Å²) in [6, 6.07) is 9.35. The van der Waals surface area contributed by atoms with E-state index in [-0.39, 0.29) is 5.78 Å². The quantitative estimate of drug-likeness (QED) is 0.574. The standard InChI is InChI=1S/C9H9BO/c1-7(11)9(10)8-5-3-2-4-6-8/h2-6,9H,1H3/t9-/m0/s1. The Labute approximate surface area is 67.8 Å². The van der Waals surface area contributed by atoms with Gasteiger partial charge in [0.15, 0.2) is 0 Å². The Morgan fingerprint density at radius 1 is 1.36 bits per heavy atom. The second-order valence-corrected chi connectivity index (χ2v) is 2.50. The number of hydrogen-bond acceptors (Lipinski definition) is 1. The summed E-state index contributed by atoms with van der Waals surface area (Å²) >= 11 is 0. The molecule has 0 aliphatic rings. The van der Waals surface area contributed by atoms with Crippen molar-refractivity contribution < 1.29 is 4.79 Å². The van der Waals surface area contributed by atoms with Gasteiger partial charge in [-0.25, -0.2) is 0 Å². The Kier molecular flexibility index (Phi) is 2.47. The van der Waals surface area contributed by atoms with Gasteiger partial charge in [-0.1, -0.05) is 30.3 Å². The molecule has 0 aromatic heterocycles. The molecule has 0 aliphatic heterocycles. The molecule has 0 bridgehead atoms. The number of ketones is 1. The molecule has 2 heteroatoms. The summed E-state index contributed by atoms with van der Waals surface area (Å²) in [6.07, 6.45) is 0. The molecule has 0 N–H and O–H groups in total. The minimum Gasteiger partial charge on any atom is -0.300 e. The second-order valence-electron chi connectivity index (χ2n) is 2.50. The maximum absolute atomic E-state index is 10.8. The number of benzene rings is 1. The lowest BCUT2D eigenvalue weighted by molar-refractivity contribution is -0.116. The fraction of sp³-hybridized carbons (Fsp3) is 0.222. The van der Waals surface area contributed by atoms with Crippen molar-refractivity contribution in [3.05, 3.63) is 35.9 Å². The van der Waals surface area contributed by atoms with Crippen LogP contribution in [0.5, 0.6) is 0 Å². The van der Waals surface area contributed by atoms with Gasteiger partial charge in [-0.05, 0) is 12.5 Å². The number of carbonyl (C=O) groups is 1. The van der Waals surface area contributed by atoms with Gasteiger partial charge in [-0.3, -0.25) is 0 Å². The van der Waals surface area contributed by atoms with Crippen LogP contribution >= 0.6 is 0 Å². The van der Waals surface area contributed by atoms with Gasteiger partial charge in [-0.2, -0.15) is 0 Å². The molecule has 0 spiro atoms. The van der Waals surface area contributed by atoms with Crippen LogP contribution < -0.4 is 0 Å². The Balaban J connectivity index is 2.85. The Morgan fingerprint density at radius 2 is 1.91 bits per heavy atom. The maximum atomic E-state index is 10.8. The molecule has 0 saturated heterocycles. The van der Waals surface area contributed by atoms with Crippen molar-refractivity contribution in [3.8, 4) is 0 Å². The van der Waals surface area contributed by atoms with Crippen molar-refractivity contribution >= 4 is 13.6 Å². The zero-order chi connectivity index (χ0) is 8.27. The average molecular weight is 144 g/mol. The zero-order valence-corrected chi connectivity index (χ0v) is 6.45. The molecule has 0 saturated carbocycles. The van der Waals surface area contributed by atoms with Crippen LogP contribution in [0.15, 0.2) is 30.3 Å². The highest BCUT2D eigenvalue weighted by Crippen LogP contribution is 2.11. The first-order chi connectivity index (χ1) is 5.22. The molecule has 1 atom stereocenters. The van der Waals surface area contributed by atoms with Crippen LogP contribution in [0.1, 0.15) is 18.3 Å². The highest BCUT2D eigenvalue weighted by atomic mass is 16.1. The van der Waals surface area contributed by atoms with E-state index >= 15 is 0 Å². The van der Waals surface area contributed by atoms with Gasteiger partial charge in [0.2, 0.25) is 0 Å². The molecule has 2 radical (unpaired) electrons. The summed E-state index contributed by atoms with van der Waals surface area (Å²) < 4.78 is 0. The largest absolute Gasteiger partial charge is 0.300 e. The van der Waals surface area contributed by atoms with E-state index in [1.54, 1.807) is 0 Å². The maximum Gasteiger partial charge on any atom is 0.128 e. The summed E-state index contributed by atoms with van der Waals surface area (Å²) in [5.41, 5.74) is 0.875. The topological polar surface area (TPSA) is 17.1 Å². The number of carbonyl (C=O) groups excluding carboxylic acids is 1. The SMILES string of the molecule is [B][C@@H](C(C)=O)c1ccccc1. The van der Waals surface area contributed by atoms with Gasteiger partial charge in [0.25, 0.3) is 0 Å². The highest BCUT2D eigenvalue weighted by molar-refractivity contribution is 6.24. The smallest absolute Gasteiger partial charge is 0.128 e. The molecule has 54 valence electrons. The number of hydrogen-bond donors (Lipinski definition) is 0. The van der Waals surface area contributed by atoms with E-state index < -0.39 is 5.82 Å². The normalized spacial score (nSPS) is 12.5. The molecule has 0 fully saturated rings. The molecular weight excluding hydrogens is 135 g/mol. The van der Waals surface area contributed by atoms with Gasteiger partial charge >= 0.3 is 0 Å². The van der Waals surface area contributed by atoms with E-state index in [2.05, 4.69) is 0 Å². The van der Waals surface area contributed by atoms with Gasteiger partial charge in [-0.15, -0.1) is 0 Å². The van der Waals surface area contributed by atoms with Crippen molar-refractivity contribution in [1.82, 2.24) is 0 Å². The van der Waals surface area contributed by atoms with E-state index in [0.717, 1.165) is 5.56 Å². The summed E-state index contributed by atoms with van der Waals surface area (Å²) in [6.45, 7) is 1.50. The molecular formula is C9H9BO. The van der Waals surface area contributed by atoms with Crippen molar-refractivity contribution in [2.24, 2.45) is 0 Å². The fourth-order valence-corrected chi connectivity index (χ4v) is 0.895. The molecule has 1 rings (SSSR count). The third-order valence-corrected chi connectivity index (χ3v) is 1.60. The monoisotopic (exact) mass is 144 g/mol. The van der Waals surface area contributed by atoms with E-state index in [9.17, 15) is 4.79 Å². The molecule has 0 aliphatic carbocycles. The molecule has 0 heterocycles. The highest BCUT2D eigenvalue weighted by Gasteiger charge is 2.07. The molecule has 0 amide bonds. The zero-order valence-electron chi connectivity index (χ0n) is 6.45. The lowest BCUT2D eigenvalue weighted by Gasteiger charge is -2.06. The minimum absolute atomic E-state index is 0.00352. The van der Waals surface area contributed by atoms with Crippen molar-refractivity contribution in [3.63, 3.8) is 0 Å². The molecule has 1 aromatic rings. The van der Waals surface area contributed by atoms with Crippen LogP contribution in [0.4, 0.5) is 0 Å². The van der Waals surface area contributed by atoms with Gasteiger partial charge in [0, 0.05) is 5.82 Å². The van der Waals surface area contributed by atoms with E-state index in [1.807, 2.05) is 30.3 Å². The first kappa shape index (κ1) is 8.06. The van der Waals surface area contributed by atoms with Crippen molar-refractivity contribution in [1.29, 1.82) is 0 Å². The van der Waals surface area contributed by atoms with E-state index in [4.69, 9.17) is 7.85 Å². The summed E-state index contributed by atoms with van der Waals surface area (Å²) in [5.74, 6) is -0.465. The molecule has 1 aromatic carbocycles. The third-order valence-electron chi connectivity index (χ3n) is 1.60. The van der Waals surface area contributed by atoms with Gasteiger partial charge in [0.05, 0.1) is 7.85 Å². The lowest BCUT2D eigenvalue weighted by Crippen LogP contribution is -2.07. The van der Waals surface area contributed by atoms with Crippen LogP contribution in [0, 0.1) is 0 Å². The fourth-order valence-electron chi connectivity index (χ4n) is 0.895. The van der Waals surface area contributed by atoms with Crippen molar-refractivity contribution in [2.75, 3.05) is 0 Å². The summed E-state index contributed by atoms with van der Waals surface area (Å²) in [4.78, 5) is 10.8. The number of Topliss-reactive ketones (excluding diaryl/α,β-unsaturated/α-hetero) is 1. The van der Waals surface area contributed by atoms with Crippen LogP contribution in [-0.4, -0.2) is 13.6 Å². The predicted octanol–water partition coefficient (Wildman–Crippen LogP) is 1.49. The van der Waals surface area contributed by atoms with Crippen LogP contribution in [0.2, 0.25) is 0 Å². The lowest BCUT2D eigenvalue weighted by atomic mass is 9.78. The number of rotatable bonds is 2. The Bertz CT molecular complexity index is 243. The average Bonchev–Trinajstić information content (AvgIpc) is 2.05. The summed E-state index contributed by atoms with van der Waals surface area (Å²) in [7, 11) is 5.59. The van der Waals surface area contributed by atoms with Crippen LogP contribution in [-0.2, 0) is 4.79 Å². The second kappa shape index (κ2) is 3.38. The first-order valence-corrected chi connectivity index (χ1v) is 3.53. The van der Waals surface area contributed by atoms with Crippen molar-refractivity contribution in [2.45, 2.75) is 12.7 Å². The molecule has 0 unspecified atom stereocenters. The first-order valence-electron chi connectivity index (χ1n) is 3.53. The van der Waals surface area contributed by atoms with Gasteiger partial charge < -0.3 is 4.79 Å². The van der Waals surface area contributed by atoms with E-state index in [1.165, 1.54) is 6.92 Å². The van der Waals surface area contributed by atoms with Crippen LogP contribution in [0.3, 0.4) is 0 Å². The summed E-state index contributed by atoms with van der Waals surface area (Å²) in [5, 5.41) is 0. The predicted molar refractivity (Wildman–Crippen MR) is 45.6 cm³/mol.